The van der Waals surface area contributed by atoms with Crippen molar-refractivity contribution in [2.24, 2.45) is 0 Å². The van der Waals surface area contributed by atoms with E-state index in [1.165, 1.54) is 25.2 Å². The summed E-state index contributed by atoms with van der Waals surface area (Å²) in [6.07, 6.45) is 3.80. The second-order valence-corrected chi connectivity index (χ2v) is 22.0. The lowest BCUT2D eigenvalue weighted by molar-refractivity contribution is 0.0832. The van der Waals surface area contributed by atoms with E-state index in [0.29, 0.717) is 25.7 Å². The first kappa shape index (κ1) is 40.3. The highest BCUT2D eigenvalue weighted by Crippen LogP contribution is 2.23. The largest absolute Gasteiger partial charge is 0.389 e. The monoisotopic (exact) mass is 748 g/mol. The van der Waals surface area contributed by atoms with Crippen LogP contribution in [0.1, 0.15) is 44.8 Å². The number of benzene rings is 3. The Morgan fingerprint density at radius 1 is 0.942 bits per heavy atom. The number of rotatable bonds is 18. The molecule has 0 aliphatic carbocycles. The molecule has 0 spiro atoms. The van der Waals surface area contributed by atoms with Crippen molar-refractivity contribution in [2.45, 2.75) is 63.9 Å². The van der Waals surface area contributed by atoms with Crippen LogP contribution in [0, 0.1) is 0 Å². The van der Waals surface area contributed by atoms with Gasteiger partial charge >= 0.3 is 0 Å². The number of amides is 2. The number of carbonyl (C=O) groups is 2. The fourth-order valence-corrected chi connectivity index (χ4v) is 6.77. The summed E-state index contributed by atoms with van der Waals surface area (Å²) in [5, 5.41) is 17.6. The molecule has 4 aromatic rings. The number of nitrogens with one attached hydrogen (secondary N) is 2. The topological polar surface area (TPSA) is 146 Å². The molecule has 0 unspecified atom stereocenters. The Bertz CT molecular complexity index is 1880. The molecule has 0 saturated heterocycles. The quantitative estimate of drug-likeness (QED) is 0.0961. The van der Waals surface area contributed by atoms with Gasteiger partial charge in [-0.15, -0.1) is 0 Å². The van der Waals surface area contributed by atoms with E-state index >= 15 is 0 Å². The van der Waals surface area contributed by atoms with Crippen molar-refractivity contribution >= 4 is 41.5 Å². The Morgan fingerprint density at radius 2 is 1.54 bits per heavy atom. The molecule has 0 aliphatic heterocycles. The molecular weight excluding hydrogens is 697 g/mol. The molecule has 14 heteroatoms. The van der Waals surface area contributed by atoms with E-state index < -0.39 is 42.1 Å². The van der Waals surface area contributed by atoms with Crippen LogP contribution in [0.15, 0.2) is 91.3 Å². The summed E-state index contributed by atoms with van der Waals surface area (Å²) in [6.45, 7) is 9.84. The summed E-state index contributed by atoms with van der Waals surface area (Å²) >= 11 is 0. The van der Waals surface area contributed by atoms with Crippen LogP contribution in [0.3, 0.4) is 0 Å². The minimum Gasteiger partial charge on any atom is -0.389 e. The van der Waals surface area contributed by atoms with Crippen LogP contribution >= 0.6 is 0 Å². The molecule has 3 atom stereocenters. The van der Waals surface area contributed by atoms with E-state index in [1.807, 2.05) is 90.3 Å². The van der Waals surface area contributed by atoms with Gasteiger partial charge in [0, 0.05) is 58.8 Å². The minimum atomic E-state index is -3.73. The molecule has 3 aromatic carbocycles. The lowest BCUT2D eigenvalue weighted by atomic mass is 9.99. The Balaban J connectivity index is 1.58. The number of anilines is 2. The lowest BCUT2D eigenvalue weighted by Crippen LogP contribution is -2.49. The molecule has 12 nitrogen and oxygen atoms in total. The van der Waals surface area contributed by atoms with E-state index in [1.54, 1.807) is 6.20 Å². The second kappa shape index (κ2) is 17.8. The van der Waals surface area contributed by atoms with Crippen LogP contribution in [-0.2, 0) is 27.9 Å². The predicted molar refractivity (Wildman–Crippen MR) is 209 cm³/mol. The summed E-state index contributed by atoms with van der Waals surface area (Å²) in [7, 11) is -1.79. The van der Waals surface area contributed by atoms with Gasteiger partial charge in [-0.2, -0.15) is 0 Å². The molecule has 2 amide bonds. The Labute approximate surface area is 308 Å². The average Bonchev–Trinajstić information content (AvgIpc) is 3.58. The zero-order valence-electron chi connectivity index (χ0n) is 31.1. The van der Waals surface area contributed by atoms with E-state index in [9.17, 15) is 23.1 Å². The van der Waals surface area contributed by atoms with Gasteiger partial charge in [0.05, 0.1) is 30.1 Å². The number of nitrogens with zero attached hydrogens (tertiary/aromatic N) is 4. The van der Waals surface area contributed by atoms with E-state index in [0.717, 1.165) is 27.7 Å². The lowest BCUT2D eigenvalue weighted by Gasteiger charge is -2.29. The zero-order valence-corrected chi connectivity index (χ0v) is 32.9. The van der Waals surface area contributed by atoms with Crippen LogP contribution < -0.4 is 19.8 Å². The Hall–Kier alpha value is -4.50. The first-order valence-corrected chi connectivity index (χ1v) is 22.8. The van der Waals surface area contributed by atoms with Crippen molar-refractivity contribution in [1.29, 1.82) is 0 Å². The number of hydrogen-bond donors (Lipinski definition) is 3. The number of ether oxygens (including phenoxy) is 1. The van der Waals surface area contributed by atoms with Gasteiger partial charge in [0.2, 0.25) is 16.0 Å². The third-order valence-corrected chi connectivity index (χ3v) is 11.7. The number of sulfonamides is 1. The molecule has 1 aromatic heterocycles. The van der Waals surface area contributed by atoms with Gasteiger partial charge in [0.15, 0.2) is 0 Å². The molecule has 280 valence electrons. The molecule has 0 saturated carbocycles. The first-order valence-electron chi connectivity index (χ1n) is 17.3. The maximum absolute atomic E-state index is 14.0. The van der Waals surface area contributed by atoms with Gasteiger partial charge in [0.1, 0.15) is 6.73 Å². The minimum absolute atomic E-state index is 0.0649. The van der Waals surface area contributed by atoms with Crippen LogP contribution in [-0.4, -0.2) is 88.6 Å². The van der Waals surface area contributed by atoms with Gasteiger partial charge < -0.3 is 25.4 Å². The number of likely N-dealkylation sites (N-methyl/N-ethyl adjacent to an activating group) is 1. The number of aliphatic hydroxyl groups excluding tert-OH is 1. The molecule has 0 fully saturated rings. The van der Waals surface area contributed by atoms with Gasteiger partial charge in [-0.05, 0) is 48.7 Å². The normalized spacial score (nSPS) is 13.5. The van der Waals surface area contributed by atoms with Crippen LogP contribution in [0.2, 0.25) is 25.7 Å². The SMILES string of the molecule is C[C@@H](NC(=O)c1cc(C(=O)N[C@@H](Cc2ccccc2)[C@H](O)CN(C)c2nccn2COCC[Si](C)(C)C)cc(N(C)S(C)(=O)=O)c1)c1ccccc1. The fraction of sp³-hybridized carbons (Fsp3) is 0.395. The molecule has 0 aliphatic rings. The highest BCUT2D eigenvalue weighted by Gasteiger charge is 2.27. The van der Waals surface area contributed by atoms with Gasteiger partial charge in [-0.3, -0.25) is 18.5 Å². The summed E-state index contributed by atoms with van der Waals surface area (Å²) in [4.78, 5) is 33.8. The third-order valence-electron chi connectivity index (χ3n) is 8.75. The summed E-state index contributed by atoms with van der Waals surface area (Å²) in [6, 6.07) is 23.1. The number of aromatic nitrogens is 2. The van der Waals surface area contributed by atoms with Gasteiger partial charge in [0.25, 0.3) is 11.8 Å². The van der Waals surface area contributed by atoms with E-state index in [4.69, 9.17) is 4.74 Å². The number of aliphatic hydroxyl groups is 1. The van der Waals surface area contributed by atoms with E-state index in [-0.39, 0.29) is 29.4 Å². The molecule has 4 rings (SSSR count). The molecule has 0 bridgehead atoms. The van der Waals surface area contributed by atoms with Crippen molar-refractivity contribution < 1.29 is 27.9 Å². The molecule has 52 heavy (non-hydrogen) atoms. The summed E-state index contributed by atoms with van der Waals surface area (Å²) < 4.78 is 33.9. The molecule has 3 N–H and O–H groups in total. The van der Waals surface area contributed by atoms with Crippen molar-refractivity contribution in [3.63, 3.8) is 0 Å². The smallest absolute Gasteiger partial charge is 0.251 e. The fourth-order valence-electron chi connectivity index (χ4n) is 5.53. The predicted octanol–water partition coefficient (Wildman–Crippen LogP) is 4.92. The molecule has 0 radical (unpaired) electrons. The van der Waals surface area contributed by atoms with E-state index in [2.05, 4.69) is 35.3 Å². The van der Waals surface area contributed by atoms with Crippen molar-refractivity contribution in [3.8, 4) is 0 Å². The Morgan fingerprint density at radius 3 is 2.13 bits per heavy atom. The molecular formula is C38H52N6O6SSi. The van der Waals surface area contributed by atoms with Gasteiger partial charge in [-0.1, -0.05) is 80.3 Å². The second-order valence-electron chi connectivity index (χ2n) is 14.4. The van der Waals surface area contributed by atoms with Crippen molar-refractivity contribution in [1.82, 2.24) is 20.2 Å². The number of carbonyl (C=O) groups excluding carboxylic acids is 2. The highest BCUT2D eigenvalue weighted by molar-refractivity contribution is 7.92. The third kappa shape index (κ3) is 11.8. The maximum Gasteiger partial charge on any atom is 0.251 e. The number of imidazole rings is 1. The van der Waals surface area contributed by atoms with Crippen LogP contribution in [0.4, 0.5) is 11.6 Å². The standard InChI is InChI=1S/C38H52N6O6SSi/c1-28(30-16-12-9-13-17-30)40-36(46)31-23-32(25-33(24-31)43(3)51(4,48)49)37(47)41-34(22-29-14-10-8-11-15-29)35(45)26-42(2)38-39-18-19-44(38)27-50-20-21-52(5,6)7/h8-19,23-25,28,34-35,45H,20-22,26-27H2,1-7H3,(H,40,46)(H,41,47)/t28-,34+,35-/m1/s1. The van der Waals surface area contributed by atoms with Crippen LogP contribution in [0.5, 0.6) is 0 Å². The summed E-state index contributed by atoms with van der Waals surface area (Å²) in [5.74, 6) is -0.445. The Kier molecular flexibility index (Phi) is 13.8. The highest BCUT2D eigenvalue weighted by atomic mass is 32.2. The first-order chi connectivity index (χ1) is 24.5. The van der Waals surface area contributed by atoms with Crippen LogP contribution in [0.25, 0.3) is 0 Å². The number of hydrogen-bond acceptors (Lipinski definition) is 8. The van der Waals surface area contributed by atoms with Crippen molar-refractivity contribution in [2.75, 3.05) is 42.7 Å². The molecule has 1 heterocycles. The maximum atomic E-state index is 14.0. The average molecular weight is 749 g/mol. The van der Waals surface area contributed by atoms with Crippen molar-refractivity contribution in [3.05, 3.63) is 114 Å². The van der Waals surface area contributed by atoms with Gasteiger partial charge in [-0.25, -0.2) is 13.4 Å². The summed E-state index contributed by atoms with van der Waals surface area (Å²) in [5.41, 5.74) is 2.10. The zero-order chi connectivity index (χ0) is 38.1.